The van der Waals surface area contributed by atoms with Crippen molar-refractivity contribution in [1.82, 2.24) is 15.0 Å². The molecule has 7 aromatic carbocycles. The van der Waals surface area contributed by atoms with Crippen molar-refractivity contribution in [1.29, 1.82) is 0 Å². The molecule has 11 aromatic rings. The SMILES string of the molecule is c1ccc(-c2nc(-c3ccccc3-c3cccc(-c4nc5ccccc5c5oc6ccccc6c45)c3)cc(-c3cccc4c3sc3ccccc34)n2)cc1. The zero-order chi connectivity index (χ0) is 35.6. The van der Waals surface area contributed by atoms with Crippen LogP contribution in [0.15, 0.2) is 180 Å². The van der Waals surface area contributed by atoms with E-state index in [1.807, 2.05) is 53.8 Å². The summed E-state index contributed by atoms with van der Waals surface area (Å²) in [6, 6.07) is 61.2. The van der Waals surface area contributed by atoms with E-state index in [4.69, 9.17) is 19.4 Å². The van der Waals surface area contributed by atoms with Crippen LogP contribution in [-0.2, 0) is 0 Å². The zero-order valence-corrected chi connectivity index (χ0v) is 29.7. The minimum Gasteiger partial charge on any atom is -0.455 e. The van der Waals surface area contributed by atoms with Gasteiger partial charge >= 0.3 is 0 Å². The molecule has 0 unspecified atom stereocenters. The third-order valence-corrected chi connectivity index (χ3v) is 11.5. The molecule has 0 radical (unpaired) electrons. The molecule has 0 fully saturated rings. The minimum absolute atomic E-state index is 0.694. The van der Waals surface area contributed by atoms with Gasteiger partial charge in [0, 0.05) is 53.2 Å². The lowest BCUT2D eigenvalue weighted by atomic mass is 9.94. The van der Waals surface area contributed by atoms with Crippen molar-refractivity contribution in [2.45, 2.75) is 0 Å². The summed E-state index contributed by atoms with van der Waals surface area (Å²) in [4.78, 5) is 15.7. The van der Waals surface area contributed by atoms with Crippen LogP contribution in [0, 0.1) is 0 Å². The molecular weight excluding hydrogens is 679 g/mol. The fraction of sp³-hybridized carbons (Fsp3) is 0. The Morgan fingerprint density at radius 1 is 0.426 bits per heavy atom. The molecule has 0 amide bonds. The van der Waals surface area contributed by atoms with Crippen LogP contribution in [0.1, 0.15) is 0 Å². The van der Waals surface area contributed by atoms with Crippen LogP contribution >= 0.6 is 11.3 Å². The van der Waals surface area contributed by atoms with Gasteiger partial charge in [-0.2, -0.15) is 0 Å². The predicted octanol–water partition coefficient (Wildman–Crippen LogP) is 13.6. The number of pyridine rings is 1. The van der Waals surface area contributed by atoms with Crippen molar-refractivity contribution in [2.24, 2.45) is 0 Å². The van der Waals surface area contributed by atoms with E-state index < -0.39 is 0 Å². The van der Waals surface area contributed by atoms with Gasteiger partial charge < -0.3 is 4.42 Å². The van der Waals surface area contributed by atoms with Gasteiger partial charge in [0.25, 0.3) is 0 Å². The summed E-state index contributed by atoms with van der Waals surface area (Å²) in [6.07, 6.45) is 0. The number of benzene rings is 7. The number of hydrogen-bond acceptors (Lipinski definition) is 5. The van der Waals surface area contributed by atoms with Crippen molar-refractivity contribution < 1.29 is 4.42 Å². The standard InChI is InChI=1S/C49H29N3OS/c1-2-14-30(15-3-1)49-51-41(29-42(52-49)38-24-13-23-36-35-20-8-11-27-44(35)54-48(36)38)34-19-5-4-18-33(34)31-16-12-17-32(28-31)46-45-39-22-7-10-26-43(39)53-47(45)37-21-6-9-25-40(37)50-46/h1-29H. The molecule has 0 saturated carbocycles. The molecule has 0 atom stereocenters. The fourth-order valence-corrected chi connectivity index (χ4v) is 9.02. The van der Waals surface area contributed by atoms with E-state index in [1.165, 1.54) is 20.2 Å². The Balaban J connectivity index is 1.11. The maximum absolute atomic E-state index is 6.51. The number of fused-ring (bicyclic) bond motifs is 8. The Morgan fingerprint density at radius 2 is 1.06 bits per heavy atom. The average Bonchev–Trinajstić information content (AvgIpc) is 3.83. The van der Waals surface area contributed by atoms with E-state index in [0.29, 0.717) is 5.82 Å². The lowest BCUT2D eigenvalue weighted by Crippen LogP contribution is -1.97. The van der Waals surface area contributed by atoms with E-state index in [1.54, 1.807) is 0 Å². The smallest absolute Gasteiger partial charge is 0.160 e. The van der Waals surface area contributed by atoms with Crippen LogP contribution in [0.5, 0.6) is 0 Å². The summed E-state index contributed by atoms with van der Waals surface area (Å²) in [5.74, 6) is 0.694. The second-order valence-corrected chi connectivity index (χ2v) is 14.6. The first-order valence-corrected chi connectivity index (χ1v) is 18.8. The number of hydrogen-bond donors (Lipinski definition) is 0. The molecule has 5 heteroatoms. The molecule has 0 N–H and O–H groups in total. The van der Waals surface area contributed by atoms with Crippen molar-refractivity contribution in [2.75, 3.05) is 0 Å². The van der Waals surface area contributed by atoms with E-state index in [-0.39, 0.29) is 0 Å². The molecule has 0 spiro atoms. The number of para-hydroxylation sites is 2. The van der Waals surface area contributed by atoms with Crippen LogP contribution in [0.4, 0.5) is 0 Å². The van der Waals surface area contributed by atoms with Gasteiger partial charge in [-0.05, 0) is 47.5 Å². The highest BCUT2D eigenvalue weighted by Gasteiger charge is 2.20. The van der Waals surface area contributed by atoms with Crippen LogP contribution in [0.2, 0.25) is 0 Å². The van der Waals surface area contributed by atoms with Gasteiger partial charge in [-0.15, -0.1) is 11.3 Å². The summed E-state index contributed by atoms with van der Waals surface area (Å²) >= 11 is 1.82. The lowest BCUT2D eigenvalue weighted by Gasteiger charge is -2.14. The highest BCUT2D eigenvalue weighted by molar-refractivity contribution is 7.26. The number of rotatable bonds is 5. The fourth-order valence-electron chi connectivity index (χ4n) is 7.80. The van der Waals surface area contributed by atoms with E-state index in [2.05, 4.69) is 133 Å². The van der Waals surface area contributed by atoms with Crippen molar-refractivity contribution in [3.63, 3.8) is 0 Å². The van der Waals surface area contributed by atoms with E-state index >= 15 is 0 Å². The molecule has 4 heterocycles. The molecular formula is C49H29N3OS. The molecule has 0 aliphatic carbocycles. The molecule has 0 saturated heterocycles. The molecule has 4 nitrogen and oxygen atoms in total. The maximum Gasteiger partial charge on any atom is 0.160 e. The van der Waals surface area contributed by atoms with Crippen molar-refractivity contribution >= 4 is 64.4 Å². The Kier molecular flexibility index (Phi) is 7.00. The number of nitrogens with zero attached hydrogens (tertiary/aromatic N) is 3. The first-order chi connectivity index (χ1) is 26.8. The van der Waals surface area contributed by atoms with Crippen molar-refractivity contribution in [3.05, 3.63) is 176 Å². The lowest BCUT2D eigenvalue weighted by molar-refractivity contribution is 0.672. The van der Waals surface area contributed by atoms with Gasteiger partial charge in [-0.1, -0.05) is 140 Å². The third kappa shape index (κ3) is 4.94. The Morgan fingerprint density at radius 3 is 1.94 bits per heavy atom. The van der Waals surface area contributed by atoms with Crippen LogP contribution < -0.4 is 0 Å². The zero-order valence-electron chi connectivity index (χ0n) is 28.9. The van der Waals surface area contributed by atoms with Gasteiger partial charge in [-0.25, -0.2) is 15.0 Å². The molecule has 0 aliphatic heterocycles. The Bertz CT molecular complexity index is 3230. The maximum atomic E-state index is 6.51. The monoisotopic (exact) mass is 707 g/mol. The average molecular weight is 708 g/mol. The second-order valence-electron chi connectivity index (χ2n) is 13.5. The van der Waals surface area contributed by atoms with E-state index in [9.17, 15) is 0 Å². The number of thiophene rings is 1. The van der Waals surface area contributed by atoms with E-state index in [0.717, 1.165) is 83.3 Å². The van der Waals surface area contributed by atoms with Gasteiger partial charge in [0.1, 0.15) is 11.2 Å². The summed E-state index contributed by atoms with van der Waals surface area (Å²) in [6.45, 7) is 0. The van der Waals surface area contributed by atoms with Gasteiger partial charge in [0.05, 0.1) is 28.0 Å². The summed E-state index contributed by atoms with van der Waals surface area (Å²) in [7, 11) is 0. The predicted molar refractivity (Wildman–Crippen MR) is 225 cm³/mol. The third-order valence-electron chi connectivity index (χ3n) is 10.3. The van der Waals surface area contributed by atoms with Gasteiger partial charge in [0.2, 0.25) is 0 Å². The first-order valence-electron chi connectivity index (χ1n) is 18.0. The summed E-state index contributed by atoms with van der Waals surface area (Å²) in [5, 5.41) is 5.60. The summed E-state index contributed by atoms with van der Waals surface area (Å²) in [5.41, 5.74) is 11.6. The van der Waals surface area contributed by atoms with Crippen LogP contribution in [0.25, 0.3) is 109 Å². The Labute approximate surface area is 314 Å². The topological polar surface area (TPSA) is 51.8 Å². The molecule has 0 aliphatic rings. The second kappa shape index (κ2) is 12.3. The number of aromatic nitrogens is 3. The first kappa shape index (κ1) is 30.7. The minimum atomic E-state index is 0.694. The molecule has 4 aromatic heterocycles. The highest BCUT2D eigenvalue weighted by Crippen LogP contribution is 2.43. The van der Waals surface area contributed by atoms with Crippen molar-refractivity contribution in [3.8, 4) is 56.3 Å². The molecule has 11 rings (SSSR count). The molecule has 252 valence electrons. The van der Waals surface area contributed by atoms with Gasteiger partial charge in [0.15, 0.2) is 5.82 Å². The quantitative estimate of drug-likeness (QED) is 0.179. The van der Waals surface area contributed by atoms with Crippen LogP contribution in [-0.4, -0.2) is 15.0 Å². The molecule has 0 bridgehead atoms. The Hall–Kier alpha value is -6.95. The largest absolute Gasteiger partial charge is 0.455 e. The normalized spacial score (nSPS) is 11.7. The van der Waals surface area contributed by atoms with Crippen LogP contribution in [0.3, 0.4) is 0 Å². The highest BCUT2D eigenvalue weighted by atomic mass is 32.1. The van der Waals surface area contributed by atoms with Gasteiger partial charge in [-0.3, -0.25) is 0 Å². The summed E-state index contributed by atoms with van der Waals surface area (Å²) < 4.78 is 9.00. The molecule has 54 heavy (non-hydrogen) atoms. The number of furan rings is 1.